The van der Waals surface area contributed by atoms with Gasteiger partial charge in [0.05, 0.1) is 7.11 Å². The second kappa shape index (κ2) is 5.16. The molecule has 2 nitrogen and oxygen atoms in total. The third-order valence-electron chi connectivity index (χ3n) is 1.70. The minimum Gasteiger partial charge on any atom is -0.469 e. The molecule has 1 fully saturated rings. The molecule has 0 heterocycles. The topological polar surface area (TPSA) is 26.3 Å². The van der Waals surface area contributed by atoms with Gasteiger partial charge < -0.3 is 11.2 Å². The van der Waals surface area contributed by atoms with Crippen molar-refractivity contribution in [3.8, 4) is 0 Å². The van der Waals surface area contributed by atoms with Gasteiger partial charge in [-0.15, -0.1) is 0 Å². The molecule has 0 saturated heterocycles. The van der Waals surface area contributed by atoms with Crippen LogP contribution in [0, 0.1) is 12.3 Å². The third-order valence-corrected chi connectivity index (χ3v) is 1.70. The van der Waals surface area contributed by atoms with E-state index < -0.39 is 0 Å². The molecule has 1 unspecified atom stereocenters. The predicted octanol–water partition coefficient (Wildman–Crippen LogP) is -1.83. The summed E-state index contributed by atoms with van der Waals surface area (Å²) >= 11 is 0. The zero-order valence-electron chi connectivity index (χ0n) is 6.59. The average molecular weight is 150 g/mol. The molecule has 1 aliphatic rings. The number of carbonyl (C=O) groups is 1. The molecule has 0 aromatic heterocycles. The Labute approximate surface area is 83.6 Å². The van der Waals surface area contributed by atoms with E-state index in [4.69, 9.17) is 0 Å². The number of methoxy groups -OCH3 is 1. The van der Waals surface area contributed by atoms with E-state index in [0.29, 0.717) is 0 Å². The van der Waals surface area contributed by atoms with Gasteiger partial charge in [0.15, 0.2) is 0 Å². The fourth-order valence-electron chi connectivity index (χ4n) is 1.14. The molecule has 1 atom stereocenters. The van der Waals surface area contributed by atoms with Crippen molar-refractivity contribution in [2.24, 2.45) is 5.92 Å². The Bertz CT molecular complexity index is 108. The summed E-state index contributed by atoms with van der Waals surface area (Å²) in [5.74, 6) is 0.110. The Morgan fingerprint density at radius 2 is 2.40 bits per heavy atom. The molecule has 0 amide bonds. The standard InChI is InChI=1S/C7H11O2.Na/c1-9-7(8)6-4-2-3-5-6;/h2,6H,3-5H2,1H3;/q-1;+1. The van der Waals surface area contributed by atoms with Crippen LogP contribution in [-0.4, -0.2) is 13.1 Å². The Balaban J connectivity index is 0.000000810. The number of ether oxygens (including phenoxy) is 1. The quantitative estimate of drug-likeness (QED) is 0.250. The summed E-state index contributed by atoms with van der Waals surface area (Å²) < 4.78 is 4.58. The molecule has 52 valence electrons. The Morgan fingerprint density at radius 1 is 1.70 bits per heavy atom. The van der Waals surface area contributed by atoms with E-state index >= 15 is 0 Å². The molecular formula is C7H11NaO2. The van der Waals surface area contributed by atoms with Crippen LogP contribution in [0.5, 0.6) is 0 Å². The first-order chi connectivity index (χ1) is 4.34. The first-order valence-electron chi connectivity index (χ1n) is 3.24. The van der Waals surface area contributed by atoms with Gasteiger partial charge in [0.25, 0.3) is 0 Å². The minimum atomic E-state index is -0.0521. The SMILES string of the molecule is COC(=O)C1C[CH-]CC1.[Na+]. The maximum absolute atomic E-state index is 10.8. The summed E-state index contributed by atoms with van der Waals surface area (Å²) in [5.41, 5.74) is 0. The van der Waals surface area contributed by atoms with Gasteiger partial charge in [-0.3, -0.25) is 4.79 Å². The van der Waals surface area contributed by atoms with Crippen LogP contribution in [0.25, 0.3) is 0 Å². The fraction of sp³-hybridized carbons (Fsp3) is 0.714. The van der Waals surface area contributed by atoms with Gasteiger partial charge in [0, 0.05) is 5.92 Å². The van der Waals surface area contributed by atoms with E-state index in [0.717, 1.165) is 19.3 Å². The molecule has 0 N–H and O–H groups in total. The molecule has 1 saturated carbocycles. The molecule has 0 bridgehead atoms. The maximum atomic E-state index is 10.8. The number of rotatable bonds is 1. The van der Waals surface area contributed by atoms with Crippen molar-refractivity contribution in [3.05, 3.63) is 6.42 Å². The van der Waals surface area contributed by atoms with Crippen molar-refractivity contribution in [1.29, 1.82) is 0 Å². The normalized spacial score (nSPS) is 23.5. The summed E-state index contributed by atoms with van der Waals surface area (Å²) in [7, 11) is 1.45. The Morgan fingerprint density at radius 3 is 2.80 bits per heavy atom. The largest absolute Gasteiger partial charge is 1.00 e. The molecule has 0 spiro atoms. The van der Waals surface area contributed by atoms with Crippen molar-refractivity contribution in [2.75, 3.05) is 7.11 Å². The van der Waals surface area contributed by atoms with Gasteiger partial charge in [-0.25, -0.2) is 0 Å². The fourth-order valence-corrected chi connectivity index (χ4v) is 1.14. The number of hydrogen-bond acceptors (Lipinski definition) is 2. The smallest absolute Gasteiger partial charge is 0.469 e. The van der Waals surface area contributed by atoms with Crippen LogP contribution in [-0.2, 0) is 9.53 Å². The summed E-state index contributed by atoms with van der Waals surface area (Å²) in [6.45, 7) is 0. The van der Waals surface area contributed by atoms with E-state index in [1.807, 2.05) is 0 Å². The summed E-state index contributed by atoms with van der Waals surface area (Å²) in [6, 6.07) is 0. The Hall–Kier alpha value is 0.470. The van der Waals surface area contributed by atoms with Crippen molar-refractivity contribution in [2.45, 2.75) is 19.3 Å². The number of hydrogen-bond donors (Lipinski definition) is 0. The van der Waals surface area contributed by atoms with Gasteiger partial charge in [-0.2, -0.15) is 12.8 Å². The minimum absolute atomic E-state index is 0. The molecule has 0 aromatic carbocycles. The van der Waals surface area contributed by atoms with Crippen LogP contribution < -0.4 is 29.6 Å². The zero-order valence-corrected chi connectivity index (χ0v) is 8.59. The molecular weight excluding hydrogens is 139 g/mol. The molecule has 3 heteroatoms. The second-order valence-corrected chi connectivity index (χ2v) is 2.32. The van der Waals surface area contributed by atoms with Crippen molar-refractivity contribution in [1.82, 2.24) is 0 Å². The molecule has 10 heavy (non-hydrogen) atoms. The maximum Gasteiger partial charge on any atom is 1.00 e. The summed E-state index contributed by atoms with van der Waals surface area (Å²) in [4.78, 5) is 10.8. The van der Waals surface area contributed by atoms with Crippen LogP contribution in [0.3, 0.4) is 0 Å². The van der Waals surface area contributed by atoms with Crippen LogP contribution in [0.1, 0.15) is 19.3 Å². The molecule has 0 aliphatic heterocycles. The molecule has 1 aliphatic carbocycles. The number of carbonyl (C=O) groups excluding carboxylic acids is 1. The van der Waals surface area contributed by atoms with E-state index in [1.54, 1.807) is 0 Å². The van der Waals surface area contributed by atoms with Crippen LogP contribution >= 0.6 is 0 Å². The van der Waals surface area contributed by atoms with Crippen molar-refractivity contribution >= 4 is 5.97 Å². The van der Waals surface area contributed by atoms with Gasteiger partial charge in [-0.1, -0.05) is 6.42 Å². The second-order valence-electron chi connectivity index (χ2n) is 2.32. The van der Waals surface area contributed by atoms with E-state index in [9.17, 15) is 4.79 Å². The van der Waals surface area contributed by atoms with Gasteiger partial charge >= 0.3 is 35.5 Å². The van der Waals surface area contributed by atoms with Crippen LogP contribution in [0.4, 0.5) is 0 Å². The van der Waals surface area contributed by atoms with Gasteiger partial charge in [-0.05, 0) is 0 Å². The molecule has 0 aromatic rings. The first-order valence-corrected chi connectivity index (χ1v) is 3.24. The van der Waals surface area contributed by atoms with Crippen LogP contribution in [0.2, 0.25) is 0 Å². The first kappa shape index (κ1) is 10.5. The average Bonchev–Trinajstić information content (AvgIpc) is 2.37. The van der Waals surface area contributed by atoms with Gasteiger partial charge in [0.2, 0.25) is 0 Å². The van der Waals surface area contributed by atoms with Crippen molar-refractivity contribution < 1.29 is 39.1 Å². The van der Waals surface area contributed by atoms with E-state index in [-0.39, 0.29) is 41.4 Å². The van der Waals surface area contributed by atoms with E-state index in [1.165, 1.54) is 7.11 Å². The Kier molecular flexibility index (Phi) is 5.41. The predicted molar refractivity (Wildman–Crippen MR) is 33.7 cm³/mol. The molecule has 1 rings (SSSR count). The van der Waals surface area contributed by atoms with Crippen LogP contribution in [0.15, 0.2) is 0 Å². The van der Waals surface area contributed by atoms with Crippen molar-refractivity contribution in [3.63, 3.8) is 0 Å². The van der Waals surface area contributed by atoms with E-state index in [2.05, 4.69) is 11.2 Å². The monoisotopic (exact) mass is 150 g/mol. The molecule has 0 radical (unpaired) electrons. The summed E-state index contributed by atoms with van der Waals surface area (Å²) in [5, 5.41) is 0. The van der Waals surface area contributed by atoms with Gasteiger partial charge in [0.1, 0.15) is 0 Å². The summed E-state index contributed by atoms with van der Waals surface area (Å²) in [6.07, 6.45) is 5.10. The zero-order chi connectivity index (χ0) is 6.69. The number of esters is 1. The third kappa shape index (κ3) is 2.60.